The third kappa shape index (κ3) is 6.36. The van der Waals surface area contributed by atoms with Crippen LogP contribution >= 0.6 is 31.9 Å². The Morgan fingerprint density at radius 1 is 1.22 bits per heavy atom. The second kappa shape index (κ2) is 11.5. The van der Waals surface area contributed by atoms with E-state index in [1.807, 2.05) is 36.4 Å². The third-order valence-corrected chi connectivity index (χ3v) is 6.77. The van der Waals surface area contributed by atoms with Crippen LogP contribution in [0.5, 0.6) is 11.5 Å². The van der Waals surface area contributed by atoms with Gasteiger partial charge in [-0.25, -0.2) is 0 Å². The van der Waals surface area contributed by atoms with Gasteiger partial charge in [-0.05, 0) is 76.2 Å². The molecule has 2 aromatic rings. The maximum absolute atomic E-state index is 12.7. The van der Waals surface area contributed by atoms with E-state index in [1.165, 1.54) is 6.42 Å². The van der Waals surface area contributed by atoms with E-state index >= 15 is 0 Å². The molecule has 1 amide bonds. The van der Waals surface area contributed by atoms with Crippen LogP contribution in [0.2, 0.25) is 0 Å². The normalized spacial score (nSPS) is 18.5. The van der Waals surface area contributed by atoms with Crippen molar-refractivity contribution >= 4 is 43.8 Å². The molecule has 5 nitrogen and oxygen atoms in total. The van der Waals surface area contributed by atoms with Crippen LogP contribution in [-0.2, 0) is 11.4 Å². The van der Waals surface area contributed by atoms with Crippen LogP contribution in [0, 0.1) is 17.2 Å². The molecular formula is C25H26Br2N2O3. The molecule has 2 atom stereocenters. The summed E-state index contributed by atoms with van der Waals surface area (Å²) in [4.78, 5) is 12.7. The Morgan fingerprint density at radius 3 is 2.59 bits per heavy atom. The number of halogens is 2. The molecule has 0 aromatic heterocycles. The number of ether oxygens (including phenoxy) is 2. The highest BCUT2D eigenvalue weighted by molar-refractivity contribution is 9.10. The highest BCUT2D eigenvalue weighted by Crippen LogP contribution is 2.38. The van der Waals surface area contributed by atoms with Crippen molar-refractivity contribution in [2.75, 3.05) is 7.11 Å². The number of nitrogens with zero attached hydrogens (tertiary/aromatic N) is 1. The van der Waals surface area contributed by atoms with Gasteiger partial charge in [0.2, 0.25) is 0 Å². The molecule has 2 aromatic carbocycles. The lowest BCUT2D eigenvalue weighted by atomic mass is 9.86. The van der Waals surface area contributed by atoms with Crippen LogP contribution in [0.1, 0.15) is 43.7 Å². The Kier molecular flexibility index (Phi) is 8.77. The van der Waals surface area contributed by atoms with Gasteiger partial charge in [-0.3, -0.25) is 4.79 Å². The molecular weight excluding hydrogens is 536 g/mol. The van der Waals surface area contributed by atoms with E-state index in [-0.39, 0.29) is 17.5 Å². The monoisotopic (exact) mass is 560 g/mol. The molecule has 1 aliphatic carbocycles. The van der Waals surface area contributed by atoms with Crippen molar-refractivity contribution in [3.63, 3.8) is 0 Å². The average Bonchev–Trinajstić information content (AvgIpc) is 2.79. The number of nitrogens with one attached hydrogen (secondary N) is 1. The van der Waals surface area contributed by atoms with Crippen LogP contribution in [0.15, 0.2) is 50.9 Å². The Labute approximate surface area is 206 Å². The number of nitriles is 1. The first-order valence-corrected chi connectivity index (χ1v) is 12.2. The van der Waals surface area contributed by atoms with Gasteiger partial charge in [-0.2, -0.15) is 5.26 Å². The van der Waals surface area contributed by atoms with Gasteiger partial charge < -0.3 is 14.8 Å². The highest BCUT2D eigenvalue weighted by Gasteiger charge is 2.24. The lowest BCUT2D eigenvalue weighted by Gasteiger charge is -2.29. The minimum atomic E-state index is -0.336. The smallest absolute Gasteiger partial charge is 0.262 e. The van der Waals surface area contributed by atoms with E-state index in [0.29, 0.717) is 34.1 Å². The molecule has 0 heterocycles. The van der Waals surface area contributed by atoms with Gasteiger partial charge in [0.1, 0.15) is 18.2 Å². The van der Waals surface area contributed by atoms with Gasteiger partial charge in [0.05, 0.1) is 11.6 Å². The average molecular weight is 562 g/mol. The summed E-state index contributed by atoms with van der Waals surface area (Å²) in [5, 5.41) is 12.6. The lowest BCUT2D eigenvalue weighted by molar-refractivity contribution is -0.118. The summed E-state index contributed by atoms with van der Waals surface area (Å²) in [6.45, 7) is 2.53. The molecule has 1 saturated carbocycles. The van der Waals surface area contributed by atoms with Gasteiger partial charge in [0, 0.05) is 10.5 Å². The zero-order valence-corrected chi connectivity index (χ0v) is 21.3. The number of carbonyl (C=O) groups is 1. The van der Waals surface area contributed by atoms with Crippen molar-refractivity contribution in [1.82, 2.24) is 5.32 Å². The fraction of sp³-hybridized carbons (Fsp3) is 0.360. The maximum Gasteiger partial charge on any atom is 0.262 e. The summed E-state index contributed by atoms with van der Waals surface area (Å²) in [7, 11) is 1.56. The number of amides is 1. The molecule has 1 aliphatic rings. The van der Waals surface area contributed by atoms with Crippen LogP contribution in [-0.4, -0.2) is 19.1 Å². The number of benzene rings is 2. The van der Waals surface area contributed by atoms with Crippen molar-refractivity contribution in [3.8, 4) is 17.6 Å². The maximum atomic E-state index is 12.7. The second-order valence-electron chi connectivity index (χ2n) is 7.96. The van der Waals surface area contributed by atoms with Gasteiger partial charge in [0.15, 0.2) is 11.5 Å². The first-order valence-electron chi connectivity index (χ1n) is 10.6. The van der Waals surface area contributed by atoms with Crippen molar-refractivity contribution in [2.24, 2.45) is 5.92 Å². The molecule has 0 aliphatic heterocycles. The minimum absolute atomic E-state index is 0.0697. The quantitative estimate of drug-likeness (QED) is 0.313. The lowest BCUT2D eigenvalue weighted by Crippen LogP contribution is -2.41. The summed E-state index contributed by atoms with van der Waals surface area (Å²) in [6, 6.07) is 13.6. The predicted molar refractivity (Wildman–Crippen MR) is 132 cm³/mol. The minimum Gasteiger partial charge on any atom is -0.493 e. The van der Waals surface area contributed by atoms with E-state index in [9.17, 15) is 10.1 Å². The van der Waals surface area contributed by atoms with Gasteiger partial charge in [-0.15, -0.1) is 0 Å². The zero-order chi connectivity index (χ0) is 23.1. The standard InChI is InChI=1S/C25H26Br2N2O3/c1-16-5-3-4-6-22(16)29-25(30)19(14-28)11-18-12-21(27)24(23(13-18)31-2)32-15-17-7-9-20(26)10-8-17/h7-13,16,22H,3-6,15H2,1-2H3,(H,29,30)/b19-11+/t16-,22+/m0/s1. The van der Waals surface area contributed by atoms with E-state index in [4.69, 9.17) is 9.47 Å². The number of rotatable bonds is 7. The summed E-state index contributed by atoms with van der Waals surface area (Å²) < 4.78 is 13.2. The van der Waals surface area contributed by atoms with Gasteiger partial charge in [-0.1, -0.05) is 47.8 Å². The van der Waals surface area contributed by atoms with Crippen molar-refractivity contribution in [3.05, 3.63) is 62.0 Å². The van der Waals surface area contributed by atoms with Crippen molar-refractivity contribution < 1.29 is 14.3 Å². The molecule has 1 N–H and O–H groups in total. The fourth-order valence-electron chi connectivity index (χ4n) is 3.79. The summed E-state index contributed by atoms with van der Waals surface area (Å²) in [6.07, 6.45) is 5.93. The Morgan fingerprint density at radius 2 is 1.94 bits per heavy atom. The first kappa shape index (κ1) is 24.3. The Hall–Kier alpha value is -2.30. The van der Waals surface area contributed by atoms with E-state index in [2.05, 4.69) is 44.1 Å². The molecule has 0 unspecified atom stereocenters. The van der Waals surface area contributed by atoms with Crippen LogP contribution < -0.4 is 14.8 Å². The summed E-state index contributed by atoms with van der Waals surface area (Å²) in [5.74, 6) is 1.16. The number of methoxy groups -OCH3 is 1. The predicted octanol–water partition coefficient (Wildman–Crippen LogP) is 6.40. The van der Waals surface area contributed by atoms with Crippen LogP contribution in [0.4, 0.5) is 0 Å². The van der Waals surface area contributed by atoms with Gasteiger partial charge in [0.25, 0.3) is 5.91 Å². The third-order valence-electron chi connectivity index (χ3n) is 5.65. The highest BCUT2D eigenvalue weighted by atomic mass is 79.9. The molecule has 0 bridgehead atoms. The second-order valence-corrected chi connectivity index (χ2v) is 9.73. The van der Waals surface area contributed by atoms with E-state index in [0.717, 1.165) is 29.3 Å². The molecule has 0 spiro atoms. The molecule has 168 valence electrons. The molecule has 1 fully saturated rings. The summed E-state index contributed by atoms with van der Waals surface area (Å²) >= 11 is 6.96. The Balaban J connectivity index is 1.77. The first-order chi connectivity index (χ1) is 15.4. The summed E-state index contributed by atoms with van der Waals surface area (Å²) in [5.41, 5.74) is 1.76. The fourth-order valence-corrected chi connectivity index (χ4v) is 4.63. The molecule has 3 rings (SSSR count). The Bertz CT molecular complexity index is 1030. The number of carbonyl (C=O) groups excluding carboxylic acids is 1. The van der Waals surface area contributed by atoms with Gasteiger partial charge >= 0.3 is 0 Å². The van der Waals surface area contributed by atoms with E-state index in [1.54, 1.807) is 19.3 Å². The molecule has 0 saturated heterocycles. The van der Waals surface area contributed by atoms with Crippen molar-refractivity contribution in [1.29, 1.82) is 5.26 Å². The van der Waals surface area contributed by atoms with Crippen LogP contribution in [0.25, 0.3) is 6.08 Å². The SMILES string of the molecule is COc1cc(/C=C(\C#N)C(=O)N[C@@H]2CCCC[C@@H]2C)cc(Br)c1OCc1ccc(Br)cc1. The topological polar surface area (TPSA) is 71.3 Å². The zero-order valence-electron chi connectivity index (χ0n) is 18.2. The molecule has 0 radical (unpaired) electrons. The van der Waals surface area contributed by atoms with Crippen molar-refractivity contribution in [2.45, 2.75) is 45.3 Å². The molecule has 32 heavy (non-hydrogen) atoms. The largest absolute Gasteiger partial charge is 0.493 e. The molecule has 7 heteroatoms. The number of hydrogen-bond acceptors (Lipinski definition) is 4. The number of hydrogen-bond donors (Lipinski definition) is 1. The van der Waals surface area contributed by atoms with E-state index < -0.39 is 0 Å². The van der Waals surface area contributed by atoms with Crippen LogP contribution in [0.3, 0.4) is 0 Å².